The van der Waals surface area contributed by atoms with Gasteiger partial charge in [-0.1, -0.05) is 147 Å². The molecule has 0 spiro atoms. The highest BCUT2D eigenvalue weighted by molar-refractivity contribution is 6.21. The fraction of sp³-hybridized carbons (Fsp3) is 0.0625. The van der Waals surface area contributed by atoms with E-state index in [0.29, 0.717) is 22.2 Å². The summed E-state index contributed by atoms with van der Waals surface area (Å²) in [5, 5.41) is -0.749. The Balaban J connectivity index is 1.36. The number of benzene rings is 8. The van der Waals surface area contributed by atoms with Gasteiger partial charge in [-0.15, -0.1) is 0 Å². The van der Waals surface area contributed by atoms with Crippen molar-refractivity contribution in [1.82, 2.24) is 9.55 Å². The van der Waals surface area contributed by atoms with Gasteiger partial charge in [0, 0.05) is 24.9 Å². The van der Waals surface area contributed by atoms with Crippen LogP contribution >= 0.6 is 0 Å². The van der Waals surface area contributed by atoms with E-state index < -0.39 is 97.7 Å². The second-order valence-electron chi connectivity index (χ2n) is 12.1. The zero-order valence-corrected chi connectivity index (χ0v) is 26.1. The molecule has 50 heavy (non-hydrogen) atoms. The lowest BCUT2D eigenvalue weighted by Crippen LogP contribution is -2.14. The Morgan fingerprint density at radius 3 is 1.86 bits per heavy atom. The van der Waals surface area contributed by atoms with Crippen molar-refractivity contribution in [1.29, 1.82) is 0 Å². The van der Waals surface area contributed by atoms with Crippen molar-refractivity contribution in [2.24, 2.45) is 0 Å². The van der Waals surface area contributed by atoms with Gasteiger partial charge in [0.15, 0.2) is 0 Å². The molecule has 10 rings (SSSR count). The molecule has 0 saturated heterocycles. The van der Waals surface area contributed by atoms with E-state index in [1.165, 1.54) is 28.8 Å². The Bertz CT molecular complexity index is 3630. The summed E-state index contributed by atoms with van der Waals surface area (Å²) in [5.41, 5.74) is -1.11. The lowest BCUT2D eigenvalue weighted by Gasteiger charge is -2.23. The van der Waals surface area contributed by atoms with Crippen molar-refractivity contribution in [3.63, 3.8) is 0 Å². The van der Waals surface area contributed by atoms with Crippen LogP contribution in [0.4, 0.5) is 0 Å². The Morgan fingerprint density at radius 1 is 0.540 bits per heavy atom. The summed E-state index contributed by atoms with van der Waals surface area (Å²) in [4.78, 5) is 4.84. The molecule has 0 bridgehead atoms. The van der Waals surface area contributed by atoms with Crippen molar-refractivity contribution >= 4 is 32.6 Å². The van der Waals surface area contributed by atoms with Gasteiger partial charge in [0.25, 0.3) is 0 Å². The van der Waals surface area contributed by atoms with Gasteiger partial charge in [0.1, 0.15) is 5.82 Å². The van der Waals surface area contributed by atoms with Crippen LogP contribution < -0.4 is 0 Å². The zero-order chi connectivity index (χ0) is 49.7. The summed E-state index contributed by atoms with van der Waals surface area (Å²) in [6.45, 7) is -6.35. The molecule has 1 aromatic heterocycles. The number of imidazole rings is 1. The molecule has 0 N–H and O–H groups in total. The molecule has 2 heteroatoms. The molecule has 0 radical (unpaired) electrons. The fourth-order valence-electron chi connectivity index (χ4n) is 7.25. The zero-order valence-electron chi connectivity index (χ0n) is 45.1. The van der Waals surface area contributed by atoms with Crippen LogP contribution in [0.2, 0.25) is 0 Å². The molecular formula is C48H34N2. The minimum absolute atomic E-state index is 0.0251. The summed E-state index contributed by atoms with van der Waals surface area (Å²) in [5.74, 6) is 0.108. The van der Waals surface area contributed by atoms with E-state index in [0.717, 1.165) is 0 Å². The molecule has 0 fully saturated rings. The van der Waals surface area contributed by atoms with E-state index in [9.17, 15) is 5.48 Å². The Kier molecular flexibility index (Phi) is 3.38. The second-order valence-corrected chi connectivity index (χ2v) is 12.1. The summed E-state index contributed by atoms with van der Waals surface area (Å²) in [7, 11) is 0. The maximum Gasteiger partial charge on any atom is 0.145 e. The van der Waals surface area contributed by atoms with Crippen LogP contribution in [0.25, 0.3) is 83.0 Å². The van der Waals surface area contributed by atoms with Crippen LogP contribution in [-0.4, -0.2) is 9.55 Å². The normalized spacial score (nSPS) is 19.1. The molecule has 0 atom stereocenters. The van der Waals surface area contributed by atoms with Crippen molar-refractivity contribution in [2.45, 2.75) is 19.1 Å². The van der Waals surface area contributed by atoms with Gasteiger partial charge >= 0.3 is 0 Å². The van der Waals surface area contributed by atoms with Crippen LogP contribution in [0.15, 0.2) is 170 Å². The quantitative estimate of drug-likeness (QED) is 0.172. The standard InChI is InChI=1S/C48H34N2/c1-48(2)41-24-11-10-19-35(41)36-28-27-32(30-42(36)48)46-39-22-8-6-20-37(39)45(38-21-7-9-23-40(38)46)31-15-14-16-33(29-31)47-49-43-25-12-13-26-44(43)50(47)34-17-4-3-5-18-34/h3-30H,1-2H3/i1D3,2D3,3D,4D,5D,6D,7D,8D,9D,17D,18D,20D,21D,22D,23D. The number of hydrogen-bond donors (Lipinski definition) is 0. The predicted molar refractivity (Wildman–Crippen MR) is 210 cm³/mol. The Hall–Kier alpha value is -6.25. The van der Waals surface area contributed by atoms with Crippen LogP contribution in [-0.2, 0) is 5.41 Å². The van der Waals surface area contributed by atoms with Crippen LogP contribution in [0.1, 0.15) is 50.9 Å². The van der Waals surface area contributed by atoms with Gasteiger partial charge < -0.3 is 0 Å². The number of fused-ring (bicyclic) bond motifs is 6. The molecule has 0 unspecified atom stereocenters. The summed E-state index contributed by atoms with van der Waals surface area (Å²) in [6, 6.07) is 15.9. The average molecular weight is 658 g/mol. The van der Waals surface area contributed by atoms with Crippen LogP contribution in [0.3, 0.4) is 0 Å². The third kappa shape index (κ3) is 4.18. The second kappa shape index (κ2) is 10.9. The Morgan fingerprint density at radius 2 is 1.14 bits per heavy atom. The van der Waals surface area contributed by atoms with E-state index in [4.69, 9.17) is 25.5 Å². The first-order valence-corrected chi connectivity index (χ1v) is 15.8. The lowest BCUT2D eigenvalue weighted by molar-refractivity contribution is 0.660. The smallest absolute Gasteiger partial charge is 0.145 e. The minimum atomic E-state index is -3.17. The van der Waals surface area contributed by atoms with Crippen molar-refractivity contribution < 1.29 is 26.0 Å². The molecule has 0 saturated carbocycles. The first-order chi connectivity index (χ1) is 32.5. The molecule has 9 aromatic rings. The molecule has 8 aromatic carbocycles. The third-order valence-electron chi connectivity index (χ3n) is 9.39. The molecule has 2 nitrogen and oxygen atoms in total. The molecule has 1 aliphatic rings. The summed E-state index contributed by atoms with van der Waals surface area (Å²) in [6.07, 6.45) is 0. The van der Waals surface area contributed by atoms with Crippen LogP contribution in [0, 0.1) is 0 Å². The topological polar surface area (TPSA) is 17.8 Å². The van der Waals surface area contributed by atoms with E-state index >= 15 is 0 Å². The van der Waals surface area contributed by atoms with E-state index in [2.05, 4.69) is 0 Å². The molecule has 1 aliphatic carbocycles. The van der Waals surface area contributed by atoms with Crippen LogP contribution in [0.5, 0.6) is 0 Å². The highest BCUT2D eigenvalue weighted by Crippen LogP contribution is 2.51. The molecule has 1 heterocycles. The number of nitrogens with zero attached hydrogens (tertiary/aromatic N) is 2. The lowest BCUT2D eigenvalue weighted by atomic mass is 9.80. The highest BCUT2D eigenvalue weighted by Gasteiger charge is 2.35. The van der Waals surface area contributed by atoms with Crippen molar-refractivity contribution in [2.75, 3.05) is 0 Å². The largest absolute Gasteiger partial charge is 0.292 e. The van der Waals surface area contributed by atoms with Crippen molar-refractivity contribution in [3.05, 3.63) is 181 Å². The Labute approximate surface area is 318 Å². The SMILES string of the molecule is [2H]c1c([2H])c([2H])c(-n2c(-c3cccc(-c4c5c([2H])c([2H])c([2H])c([2H])c5c(-c5ccc6c(c5)C(C([2H])([2H])[2H])(C([2H])([2H])[2H])c5ccccc5-6)c5c([2H])c([2H])c([2H])c([2H])c45)c3)nc3ccccc32)c([2H])c1[2H]. The number of para-hydroxylation sites is 3. The first kappa shape index (κ1) is 15.5. The number of aromatic nitrogens is 2. The van der Waals surface area contributed by atoms with Gasteiger partial charge in [-0.2, -0.15) is 0 Å². The van der Waals surface area contributed by atoms with Gasteiger partial charge in [-0.3, -0.25) is 4.57 Å². The maximum absolute atomic E-state index is 9.51. The summed E-state index contributed by atoms with van der Waals surface area (Å²) < 4.78 is 171. The first-order valence-electron chi connectivity index (χ1n) is 25.3. The van der Waals surface area contributed by atoms with Gasteiger partial charge in [0.2, 0.25) is 0 Å². The van der Waals surface area contributed by atoms with E-state index in [-0.39, 0.29) is 72.0 Å². The number of hydrogen-bond acceptors (Lipinski definition) is 1. The van der Waals surface area contributed by atoms with E-state index in [1.807, 2.05) is 0 Å². The highest BCUT2D eigenvalue weighted by atomic mass is 15.1. The average Bonchev–Trinajstić information content (AvgIpc) is 3.86. The summed E-state index contributed by atoms with van der Waals surface area (Å²) >= 11 is 0. The minimum Gasteiger partial charge on any atom is -0.292 e. The van der Waals surface area contributed by atoms with Crippen molar-refractivity contribution in [3.8, 4) is 50.5 Å². The molecule has 0 amide bonds. The fourth-order valence-corrected chi connectivity index (χ4v) is 7.25. The molecular weight excluding hydrogens is 605 g/mol. The van der Waals surface area contributed by atoms with E-state index in [1.54, 1.807) is 66.7 Å². The molecule has 0 aliphatic heterocycles. The third-order valence-corrected chi connectivity index (χ3v) is 9.39. The molecule has 236 valence electrons. The number of rotatable bonds is 4. The van der Waals surface area contributed by atoms with Gasteiger partial charge in [-0.25, -0.2) is 4.98 Å². The van der Waals surface area contributed by atoms with Gasteiger partial charge in [0.05, 0.1) is 28.9 Å². The predicted octanol–water partition coefficient (Wildman–Crippen LogP) is 12.6. The monoisotopic (exact) mass is 657 g/mol. The maximum atomic E-state index is 9.51. The van der Waals surface area contributed by atoms with Gasteiger partial charge in [-0.05, 0) is 102 Å².